The van der Waals surface area contributed by atoms with E-state index in [4.69, 9.17) is 4.84 Å². The highest BCUT2D eigenvalue weighted by atomic mass is 16.7. The molecule has 0 aromatic heterocycles. The van der Waals surface area contributed by atoms with Gasteiger partial charge in [-0.15, -0.1) is 0 Å². The van der Waals surface area contributed by atoms with Crippen molar-refractivity contribution in [1.29, 1.82) is 0 Å². The molecule has 0 aliphatic rings. The summed E-state index contributed by atoms with van der Waals surface area (Å²) >= 11 is 0. The number of hydrogen-bond donors (Lipinski definition) is 1. The maximum absolute atomic E-state index is 12.0. The molecule has 0 aliphatic heterocycles. The van der Waals surface area contributed by atoms with Crippen LogP contribution >= 0.6 is 0 Å². The standard InChI is InChI=1S/C24H41NO3/c1-5-7-8-9-10-11-12-13-14-15-16-17-18-19-20-22(6-2)23(26)25-28-24(27)21(3)4/h10-11,13-14,22H,3,5-9,12,15-20H2,1-2,4H3,(H,25,26)/b11-10-,14-13-. The fourth-order valence-corrected chi connectivity index (χ4v) is 2.81. The van der Waals surface area contributed by atoms with Crippen molar-refractivity contribution < 1.29 is 14.4 Å². The lowest BCUT2D eigenvalue weighted by molar-refractivity contribution is -0.156. The number of unbranched alkanes of at least 4 members (excludes halogenated alkanes) is 7. The van der Waals surface area contributed by atoms with E-state index < -0.39 is 5.97 Å². The summed E-state index contributed by atoms with van der Waals surface area (Å²) in [4.78, 5) is 28.1. The summed E-state index contributed by atoms with van der Waals surface area (Å²) in [6, 6.07) is 0. The van der Waals surface area contributed by atoms with Crippen LogP contribution < -0.4 is 5.48 Å². The average Bonchev–Trinajstić information content (AvgIpc) is 2.68. The van der Waals surface area contributed by atoms with E-state index >= 15 is 0 Å². The third kappa shape index (κ3) is 15.2. The van der Waals surface area contributed by atoms with Gasteiger partial charge in [0.15, 0.2) is 0 Å². The Morgan fingerprint density at radius 1 is 0.929 bits per heavy atom. The summed E-state index contributed by atoms with van der Waals surface area (Å²) in [5.74, 6) is -0.923. The van der Waals surface area contributed by atoms with Gasteiger partial charge in [0.1, 0.15) is 0 Å². The molecule has 0 aromatic carbocycles. The van der Waals surface area contributed by atoms with Crippen molar-refractivity contribution in [2.45, 2.75) is 97.8 Å². The molecule has 1 N–H and O–H groups in total. The van der Waals surface area contributed by atoms with E-state index in [1.165, 1.54) is 38.5 Å². The van der Waals surface area contributed by atoms with Gasteiger partial charge in [-0.1, -0.05) is 76.8 Å². The molecule has 0 saturated heterocycles. The first-order chi connectivity index (χ1) is 13.5. The van der Waals surface area contributed by atoms with Gasteiger partial charge in [-0.25, -0.2) is 4.79 Å². The lowest BCUT2D eigenvalue weighted by atomic mass is 9.97. The first-order valence-electron chi connectivity index (χ1n) is 11.0. The van der Waals surface area contributed by atoms with Gasteiger partial charge in [0.05, 0.1) is 0 Å². The molecule has 1 atom stereocenters. The van der Waals surface area contributed by atoms with E-state index in [9.17, 15) is 9.59 Å². The van der Waals surface area contributed by atoms with Crippen LogP contribution in [0.2, 0.25) is 0 Å². The Kier molecular flexibility index (Phi) is 17.3. The van der Waals surface area contributed by atoms with Gasteiger partial charge in [0.25, 0.3) is 5.91 Å². The molecule has 4 nitrogen and oxygen atoms in total. The molecule has 160 valence electrons. The molecule has 0 rings (SSSR count). The van der Waals surface area contributed by atoms with Gasteiger partial charge in [0, 0.05) is 11.5 Å². The van der Waals surface area contributed by atoms with Crippen molar-refractivity contribution in [2.24, 2.45) is 5.92 Å². The van der Waals surface area contributed by atoms with Crippen LogP contribution in [0.3, 0.4) is 0 Å². The molecule has 1 unspecified atom stereocenters. The van der Waals surface area contributed by atoms with E-state index in [1.807, 2.05) is 6.92 Å². The molecule has 28 heavy (non-hydrogen) atoms. The second-order valence-electron chi connectivity index (χ2n) is 7.41. The fourth-order valence-electron chi connectivity index (χ4n) is 2.81. The molecule has 0 radical (unpaired) electrons. The van der Waals surface area contributed by atoms with Gasteiger partial charge in [0.2, 0.25) is 0 Å². The number of hydroxylamine groups is 1. The second-order valence-corrected chi connectivity index (χ2v) is 7.41. The maximum atomic E-state index is 12.0. The van der Waals surface area contributed by atoms with Crippen LogP contribution in [0.5, 0.6) is 0 Å². The normalized spacial score (nSPS) is 12.4. The molecule has 4 heteroatoms. The molecule has 0 fully saturated rings. The first-order valence-corrected chi connectivity index (χ1v) is 11.0. The summed E-state index contributed by atoms with van der Waals surface area (Å²) < 4.78 is 0. The Hall–Kier alpha value is -1.84. The Morgan fingerprint density at radius 2 is 1.54 bits per heavy atom. The molecule has 0 saturated carbocycles. The Balaban J connectivity index is 3.68. The molecular formula is C24H41NO3. The zero-order valence-corrected chi connectivity index (χ0v) is 18.3. The number of carbonyl (C=O) groups excluding carboxylic acids is 2. The van der Waals surface area contributed by atoms with Gasteiger partial charge in [-0.05, 0) is 51.9 Å². The summed E-state index contributed by atoms with van der Waals surface area (Å²) in [7, 11) is 0. The SMILES string of the molecule is C=C(C)C(=O)ONC(=O)C(CC)CCCCCC/C=C\C/C=C\CCCCC. The predicted molar refractivity (Wildman–Crippen MR) is 118 cm³/mol. The molecule has 0 aromatic rings. The van der Waals surface area contributed by atoms with Crippen LogP contribution in [0, 0.1) is 5.92 Å². The second kappa shape index (κ2) is 18.5. The van der Waals surface area contributed by atoms with Crippen molar-refractivity contribution in [3.05, 3.63) is 36.5 Å². The Bertz CT molecular complexity index is 494. The largest absolute Gasteiger partial charge is 0.358 e. The van der Waals surface area contributed by atoms with Crippen LogP contribution in [-0.2, 0) is 14.4 Å². The minimum atomic E-state index is -0.594. The summed E-state index contributed by atoms with van der Waals surface area (Å²) in [5.41, 5.74) is 2.52. The third-order valence-electron chi connectivity index (χ3n) is 4.71. The number of rotatable bonds is 16. The van der Waals surface area contributed by atoms with Crippen molar-refractivity contribution in [3.8, 4) is 0 Å². The van der Waals surface area contributed by atoms with Crippen LogP contribution in [0.25, 0.3) is 0 Å². The molecule has 1 amide bonds. The molecule has 0 bridgehead atoms. The van der Waals surface area contributed by atoms with E-state index in [0.717, 1.165) is 38.5 Å². The van der Waals surface area contributed by atoms with Crippen molar-refractivity contribution in [1.82, 2.24) is 5.48 Å². The van der Waals surface area contributed by atoms with Crippen molar-refractivity contribution in [2.75, 3.05) is 0 Å². The topological polar surface area (TPSA) is 55.4 Å². The van der Waals surface area contributed by atoms with Crippen LogP contribution in [0.15, 0.2) is 36.5 Å². The fraction of sp³-hybridized carbons (Fsp3) is 0.667. The smallest absolute Gasteiger partial charge is 0.336 e. The van der Waals surface area contributed by atoms with Gasteiger partial charge in [-0.2, -0.15) is 5.48 Å². The minimum absolute atomic E-state index is 0.109. The monoisotopic (exact) mass is 391 g/mol. The number of hydrogen-bond acceptors (Lipinski definition) is 3. The molecule has 0 aliphatic carbocycles. The lowest BCUT2D eigenvalue weighted by Gasteiger charge is -2.14. The molecule has 0 heterocycles. The number of allylic oxidation sites excluding steroid dienone is 4. The number of nitrogens with one attached hydrogen (secondary N) is 1. The Labute approximate surface area is 172 Å². The predicted octanol–water partition coefficient (Wildman–Crippen LogP) is 6.59. The lowest BCUT2D eigenvalue weighted by Crippen LogP contribution is -2.32. The average molecular weight is 392 g/mol. The highest BCUT2D eigenvalue weighted by Crippen LogP contribution is 2.15. The van der Waals surface area contributed by atoms with Crippen molar-refractivity contribution >= 4 is 11.9 Å². The summed E-state index contributed by atoms with van der Waals surface area (Å²) in [5, 5.41) is 0. The van der Waals surface area contributed by atoms with Crippen molar-refractivity contribution in [3.63, 3.8) is 0 Å². The van der Waals surface area contributed by atoms with E-state index in [-0.39, 0.29) is 17.4 Å². The molecule has 0 spiro atoms. The maximum Gasteiger partial charge on any atom is 0.358 e. The van der Waals surface area contributed by atoms with E-state index in [0.29, 0.717) is 0 Å². The molecular weight excluding hydrogens is 350 g/mol. The summed E-state index contributed by atoms with van der Waals surface area (Å²) in [6.07, 6.45) is 22.4. The van der Waals surface area contributed by atoms with Gasteiger partial charge < -0.3 is 4.84 Å². The zero-order valence-electron chi connectivity index (χ0n) is 18.3. The number of carbonyl (C=O) groups is 2. The highest BCUT2D eigenvalue weighted by Gasteiger charge is 2.17. The van der Waals surface area contributed by atoms with E-state index in [2.05, 4.69) is 43.3 Å². The van der Waals surface area contributed by atoms with Crippen LogP contribution in [-0.4, -0.2) is 11.9 Å². The zero-order chi connectivity index (χ0) is 21.0. The quantitative estimate of drug-likeness (QED) is 0.140. The Morgan fingerprint density at radius 3 is 2.11 bits per heavy atom. The third-order valence-corrected chi connectivity index (χ3v) is 4.71. The van der Waals surface area contributed by atoms with Crippen LogP contribution in [0.4, 0.5) is 0 Å². The highest BCUT2D eigenvalue weighted by molar-refractivity contribution is 5.88. The van der Waals surface area contributed by atoms with Crippen LogP contribution in [0.1, 0.15) is 97.8 Å². The van der Waals surface area contributed by atoms with Gasteiger partial charge in [-0.3, -0.25) is 4.79 Å². The number of amides is 1. The first kappa shape index (κ1) is 26.2. The van der Waals surface area contributed by atoms with Gasteiger partial charge >= 0.3 is 5.97 Å². The minimum Gasteiger partial charge on any atom is -0.336 e. The summed E-state index contributed by atoms with van der Waals surface area (Å²) in [6.45, 7) is 9.24. The van der Waals surface area contributed by atoms with E-state index in [1.54, 1.807) is 6.92 Å².